The van der Waals surface area contributed by atoms with Crippen molar-refractivity contribution < 1.29 is 26.4 Å². The number of anilines is 2. The minimum Gasteiger partial charge on any atom is -0.372 e. The maximum absolute atomic E-state index is 13.0. The van der Waals surface area contributed by atoms with Gasteiger partial charge in [0, 0.05) is 38.1 Å². The second-order valence-corrected chi connectivity index (χ2v) is 10.8. The van der Waals surface area contributed by atoms with Crippen LogP contribution in [0.25, 0.3) is 0 Å². The predicted octanol–water partition coefficient (Wildman–Crippen LogP) is 3.23. The van der Waals surface area contributed by atoms with Crippen molar-refractivity contribution in [1.29, 1.82) is 0 Å². The molecule has 0 spiro atoms. The number of sulfone groups is 1. The van der Waals surface area contributed by atoms with Gasteiger partial charge in [-0.15, -0.1) is 0 Å². The number of pyridine rings is 2. The van der Waals surface area contributed by atoms with Gasteiger partial charge in [0.25, 0.3) is 0 Å². The fourth-order valence-corrected chi connectivity index (χ4v) is 5.14. The number of halogens is 4. The fraction of sp³-hybridized carbons (Fsp3) is 0.476. The summed E-state index contributed by atoms with van der Waals surface area (Å²) in [4.78, 5) is 24.5. The average molecular weight is 518 g/mol. The zero-order valence-electron chi connectivity index (χ0n) is 18.2. The van der Waals surface area contributed by atoms with Crippen LogP contribution in [0.15, 0.2) is 35.6 Å². The molecule has 2 aromatic heterocycles. The summed E-state index contributed by atoms with van der Waals surface area (Å²) < 4.78 is 61.6. The van der Waals surface area contributed by atoms with Gasteiger partial charge in [-0.3, -0.25) is 4.79 Å². The SMILES string of the molecule is CS(=O)(=O)c1ccc(NC2CCN(C3CCN(c4ncc(C(F)(F)F)cc4Cl)CC3)C2=O)cn1. The first-order valence-electron chi connectivity index (χ1n) is 10.6. The summed E-state index contributed by atoms with van der Waals surface area (Å²) in [5.41, 5.74) is -0.330. The summed E-state index contributed by atoms with van der Waals surface area (Å²) in [6.45, 7) is 1.61. The topological polar surface area (TPSA) is 95.5 Å². The molecule has 13 heteroatoms. The van der Waals surface area contributed by atoms with Crippen molar-refractivity contribution in [3.63, 3.8) is 0 Å². The summed E-state index contributed by atoms with van der Waals surface area (Å²) in [6, 6.07) is 3.43. The molecule has 0 radical (unpaired) electrons. The van der Waals surface area contributed by atoms with E-state index in [0.717, 1.165) is 18.5 Å². The number of amides is 1. The number of piperidine rings is 1. The smallest absolute Gasteiger partial charge is 0.372 e. The highest BCUT2D eigenvalue weighted by molar-refractivity contribution is 7.90. The van der Waals surface area contributed by atoms with Crippen molar-refractivity contribution in [2.75, 3.05) is 36.1 Å². The standard InChI is InChI=1S/C21H23ClF3N5O3S/c1-34(32,33)18-3-2-14(12-26-18)28-17-6-9-30(20(17)31)15-4-7-29(8-5-15)19-16(22)10-13(11-27-19)21(23,24)25/h2-3,10-12,15,17,28H,4-9H2,1H3. The second-order valence-electron chi connectivity index (χ2n) is 8.42. The molecule has 2 fully saturated rings. The Hall–Kier alpha value is -2.60. The molecule has 4 heterocycles. The molecule has 2 aromatic rings. The third-order valence-corrected chi connectivity index (χ3v) is 7.33. The highest BCUT2D eigenvalue weighted by Gasteiger charge is 2.38. The second kappa shape index (κ2) is 9.21. The molecule has 4 rings (SSSR count). The lowest BCUT2D eigenvalue weighted by Crippen LogP contribution is -2.47. The highest BCUT2D eigenvalue weighted by atomic mass is 35.5. The van der Waals surface area contributed by atoms with Crippen LogP contribution in [0, 0.1) is 0 Å². The van der Waals surface area contributed by atoms with Crippen LogP contribution in [-0.2, 0) is 20.8 Å². The molecule has 34 heavy (non-hydrogen) atoms. The summed E-state index contributed by atoms with van der Waals surface area (Å²) >= 11 is 6.07. The molecule has 1 amide bonds. The van der Waals surface area contributed by atoms with E-state index in [1.807, 2.05) is 9.80 Å². The van der Waals surface area contributed by atoms with Gasteiger partial charge in [-0.2, -0.15) is 13.2 Å². The maximum atomic E-state index is 13.0. The molecule has 0 saturated carbocycles. The van der Waals surface area contributed by atoms with E-state index in [-0.39, 0.29) is 22.0 Å². The number of hydrogen-bond acceptors (Lipinski definition) is 7. The predicted molar refractivity (Wildman–Crippen MR) is 121 cm³/mol. The Morgan fingerprint density at radius 1 is 1.09 bits per heavy atom. The van der Waals surface area contributed by atoms with E-state index < -0.39 is 27.6 Å². The largest absolute Gasteiger partial charge is 0.417 e. The average Bonchev–Trinajstić information content (AvgIpc) is 3.13. The molecule has 1 N–H and O–H groups in total. The first-order chi connectivity index (χ1) is 15.9. The summed E-state index contributed by atoms with van der Waals surface area (Å²) in [7, 11) is -3.40. The van der Waals surface area contributed by atoms with Crippen molar-refractivity contribution in [2.24, 2.45) is 0 Å². The number of aromatic nitrogens is 2. The lowest BCUT2D eigenvalue weighted by Gasteiger charge is -2.37. The third-order valence-electron chi connectivity index (χ3n) is 6.05. The molecular weight excluding hydrogens is 495 g/mol. The first-order valence-corrected chi connectivity index (χ1v) is 12.9. The monoisotopic (exact) mass is 517 g/mol. The van der Waals surface area contributed by atoms with Gasteiger partial charge >= 0.3 is 6.18 Å². The number of nitrogens with one attached hydrogen (secondary N) is 1. The number of alkyl halides is 3. The van der Waals surface area contributed by atoms with Crippen LogP contribution in [0.2, 0.25) is 5.02 Å². The van der Waals surface area contributed by atoms with Crippen LogP contribution in [0.1, 0.15) is 24.8 Å². The van der Waals surface area contributed by atoms with E-state index in [4.69, 9.17) is 11.6 Å². The van der Waals surface area contributed by atoms with Gasteiger partial charge in [0.15, 0.2) is 14.9 Å². The number of carbonyl (C=O) groups is 1. The Labute approximate surface area is 200 Å². The highest BCUT2D eigenvalue weighted by Crippen LogP contribution is 2.35. The maximum Gasteiger partial charge on any atom is 0.417 e. The van der Waals surface area contributed by atoms with Gasteiger partial charge < -0.3 is 15.1 Å². The molecule has 0 aliphatic carbocycles. The fourth-order valence-electron chi connectivity index (χ4n) is 4.29. The zero-order chi connectivity index (χ0) is 24.7. The molecule has 2 saturated heterocycles. The number of hydrogen-bond donors (Lipinski definition) is 1. The lowest BCUT2D eigenvalue weighted by molar-refractivity contribution is -0.137. The molecular formula is C21H23ClF3N5O3S. The van der Waals surface area contributed by atoms with E-state index in [9.17, 15) is 26.4 Å². The first kappa shape index (κ1) is 24.5. The minimum absolute atomic E-state index is 0.00880. The molecule has 2 aliphatic heterocycles. The molecule has 8 nitrogen and oxygen atoms in total. The van der Waals surface area contributed by atoms with Gasteiger partial charge in [-0.25, -0.2) is 18.4 Å². The molecule has 2 aliphatic rings. The van der Waals surface area contributed by atoms with Crippen molar-refractivity contribution in [3.8, 4) is 0 Å². The van der Waals surface area contributed by atoms with Crippen LogP contribution >= 0.6 is 11.6 Å². The van der Waals surface area contributed by atoms with Gasteiger partial charge in [0.2, 0.25) is 5.91 Å². The van der Waals surface area contributed by atoms with Crippen molar-refractivity contribution >= 4 is 38.9 Å². The van der Waals surface area contributed by atoms with Crippen LogP contribution in [-0.4, -0.2) is 67.2 Å². The normalized spacial score (nSPS) is 20.1. The minimum atomic E-state index is -4.51. The van der Waals surface area contributed by atoms with Gasteiger partial charge in [-0.05, 0) is 37.5 Å². The molecule has 1 unspecified atom stereocenters. The lowest BCUT2D eigenvalue weighted by atomic mass is 10.0. The Balaban J connectivity index is 1.34. The van der Waals surface area contributed by atoms with Crippen LogP contribution in [0.5, 0.6) is 0 Å². The Morgan fingerprint density at radius 3 is 2.35 bits per heavy atom. The van der Waals surface area contributed by atoms with E-state index >= 15 is 0 Å². The Kier molecular flexibility index (Phi) is 6.65. The van der Waals surface area contributed by atoms with Gasteiger partial charge in [0.1, 0.15) is 11.9 Å². The Morgan fingerprint density at radius 2 is 1.79 bits per heavy atom. The van der Waals surface area contributed by atoms with Crippen molar-refractivity contribution in [3.05, 3.63) is 41.2 Å². The zero-order valence-corrected chi connectivity index (χ0v) is 19.8. The van der Waals surface area contributed by atoms with Crippen molar-refractivity contribution in [2.45, 2.75) is 42.5 Å². The summed E-state index contributed by atoms with van der Waals surface area (Å²) in [6.07, 6.45) is 0.627. The Bertz CT molecular complexity index is 1170. The van der Waals surface area contributed by atoms with E-state index in [1.165, 1.54) is 12.3 Å². The van der Waals surface area contributed by atoms with Gasteiger partial charge in [-0.1, -0.05) is 11.6 Å². The number of nitrogens with zero attached hydrogens (tertiary/aromatic N) is 4. The summed E-state index contributed by atoms with van der Waals surface area (Å²) in [5.74, 6) is 0.266. The molecule has 0 bridgehead atoms. The van der Waals surface area contributed by atoms with Crippen LogP contribution < -0.4 is 10.2 Å². The van der Waals surface area contributed by atoms with E-state index in [2.05, 4.69) is 15.3 Å². The molecule has 184 valence electrons. The van der Waals surface area contributed by atoms with Gasteiger partial charge in [0.05, 0.1) is 22.5 Å². The van der Waals surface area contributed by atoms with Crippen LogP contribution in [0.4, 0.5) is 24.7 Å². The van der Waals surface area contributed by atoms with Crippen LogP contribution in [0.3, 0.4) is 0 Å². The number of rotatable bonds is 5. The summed E-state index contributed by atoms with van der Waals surface area (Å²) in [5, 5.41) is 3.03. The van der Waals surface area contributed by atoms with E-state index in [1.54, 1.807) is 6.07 Å². The quantitative estimate of drug-likeness (QED) is 0.650. The molecule has 1 atom stereocenters. The van der Waals surface area contributed by atoms with E-state index in [0.29, 0.717) is 50.4 Å². The molecule has 0 aromatic carbocycles. The number of likely N-dealkylation sites (tertiary alicyclic amines) is 1. The van der Waals surface area contributed by atoms with Crippen molar-refractivity contribution in [1.82, 2.24) is 14.9 Å². The third kappa shape index (κ3) is 5.22. The number of carbonyl (C=O) groups excluding carboxylic acids is 1.